The first-order valence-corrected chi connectivity index (χ1v) is 5.83. The lowest BCUT2D eigenvalue weighted by Crippen LogP contribution is -2.07. The van der Waals surface area contributed by atoms with Gasteiger partial charge in [-0.1, -0.05) is 29.5 Å². The Labute approximate surface area is 92.2 Å². The van der Waals surface area contributed by atoms with Crippen LogP contribution in [0.3, 0.4) is 0 Å². The molecular formula is C3H4N6S4. The van der Waals surface area contributed by atoms with Crippen LogP contribution in [0.15, 0.2) is 0 Å². The molecule has 1 heterocycles. The number of aromatic nitrogens is 4. The lowest BCUT2D eigenvalue weighted by molar-refractivity contribution is 0.881. The number of anilines is 1. The summed E-state index contributed by atoms with van der Waals surface area (Å²) in [5, 5.41) is 15.6. The molecule has 10 heteroatoms. The van der Waals surface area contributed by atoms with E-state index in [4.69, 9.17) is 18.0 Å². The van der Waals surface area contributed by atoms with Crippen LogP contribution in [0.2, 0.25) is 0 Å². The second kappa shape index (κ2) is 5.32. The van der Waals surface area contributed by atoms with Gasteiger partial charge in [-0.05, 0) is 26.8 Å². The number of aromatic amines is 1. The number of H-pyrrole nitrogens is 1. The Balaban J connectivity index is 2.30. The largest absolute Gasteiger partial charge is 0.384 e. The zero-order valence-electron chi connectivity index (χ0n) is 6.05. The molecule has 0 bridgehead atoms. The van der Waals surface area contributed by atoms with Crippen molar-refractivity contribution in [2.45, 2.75) is 0 Å². The van der Waals surface area contributed by atoms with Crippen molar-refractivity contribution in [1.29, 1.82) is 0 Å². The third kappa shape index (κ3) is 4.36. The standard InChI is InChI=1S/C3H4N6S4/c4-1(10)12-13-3(11)5-2-6-8-9-7-2/h(H2,4,10)(H2,5,6,7,8,9,11). The Morgan fingerprint density at radius 3 is 2.77 bits per heavy atom. The molecule has 0 radical (unpaired) electrons. The van der Waals surface area contributed by atoms with Crippen LogP contribution in [-0.2, 0) is 0 Å². The Kier molecular flexibility index (Phi) is 4.35. The maximum atomic E-state index is 5.25. The lowest BCUT2D eigenvalue weighted by Gasteiger charge is -1.99. The lowest BCUT2D eigenvalue weighted by atomic mass is 11.0. The molecular weight excluding hydrogens is 248 g/mol. The molecule has 1 aromatic rings. The molecule has 0 aromatic carbocycles. The molecule has 13 heavy (non-hydrogen) atoms. The second-order valence-electron chi connectivity index (χ2n) is 1.63. The van der Waals surface area contributed by atoms with Crippen LogP contribution in [0.25, 0.3) is 0 Å². The van der Waals surface area contributed by atoms with Gasteiger partial charge in [-0.2, -0.15) is 5.21 Å². The Morgan fingerprint density at radius 2 is 2.23 bits per heavy atom. The van der Waals surface area contributed by atoms with E-state index in [0.29, 0.717) is 14.6 Å². The molecule has 0 fully saturated rings. The minimum absolute atomic E-state index is 0.320. The smallest absolute Gasteiger partial charge is 0.268 e. The van der Waals surface area contributed by atoms with E-state index in [9.17, 15) is 0 Å². The number of hydrogen-bond acceptors (Lipinski definition) is 7. The Bertz CT molecular complexity index is 295. The van der Waals surface area contributed by atoms with E-state index >= 15 is 0 Å². The topological polar surface area (TPSA) is 92.5 Å². The summed E-state index contributed by atoms with van der Waals surface area (Å²) in [5.74, 6) is 0.320. The van der Waals surface area contributed by atoms with Gasteiger partial charge in [0.2, 0.25) is 0 Å². The first-order chi connectivity index (χ1) is 6.18. The Morgan fingerprint density at radius 1 is 1.46 bits per heavy atom. The molecule has 0 atom stereocenters. The van der Waals surface area contributed by atoms with Crippen molar-refractivity contribution in [3.05, 3.63) is 0 Å². The van der Waals surface area contributed by atoms with Crippen LogP contribution in [-0.4, -0.2) is 29.3 Å². The van der Waals surface area contributed by atoms with Gasteiger partial charge < -0.3 is 11.1 Å². The third-order valence-corrected chi connectivity index (χ3v) is 3.78. The maximum absolute atomic E-state index is 5.25. The predicted molar refractivity (Wildman–Crippen MR) is 62.4 cm³/mol. The zero-order valence-corrected chi connectivity index (χ0v) is 9.32. The molecule has 0 aliphatic rings. The van der Waals surface area contributed by atoms with Crippen molar-refractivity contribution in [3.8, 4) is 0 Å². The summed E-state index contributed by atoms with van der Waals surface area (Å²) < 4.78 is 0.793. The molecule has 0 unspecified atom stereocenters. The van der Waals surface area contributed by atoms with Gasteiger partial charge in [-0.3, -0.25) is 0 Å². The average Bonchev–Trinajstić information content (AvgIpc) is 2.53. The minimum Gasteiger partial charge on any atom is -0.384 e. The fraction of sp³-hybridized carbons (Fsp3) is 0. The molecule has 0 aliphatic heterocycles. The van der Waals surface area contributed by atoms with Gasteiger partial charge in [-0.15, -0.1) is 5.10 Å². The van der Waals surface area contributed by atoms with E-state index in [-0.39, 0.29) is 0 Å². The van der Waals surface area contributed by atoms with Crippen molar-refractivity contribution in [1.82, 2.24) is 20.6 Å². The maximum Gasteiger partial charge on any atom is 0.268 e. The molecule has 0 spiro atoms. The van der Waals surface area contributed by atoms with E-state index < -0.39 is 0 Å². The van der Waals surface area contributed by atoms with E-state index in [1.807, 2.05) is 0 Å². The van der Waals surface area contributed by atoms with Crippen molar-refractivity contribution in [2.24, 2.45) is 5.73 Å². The minimum atomic E-state index is 0.320. The summed E-state index contributed by atoms with van der Waals surface area (Å²) in [7, 11) is 2.43. The monoisotopic (exact) mass is 252 g/mol. The van der Waals surface area contributed by atoms with Crippen molar-refractivity contribution in [2.75, 3.05) is 5.32 Å². The number of nitrogens with zero attached hydrogens (tertiary/aromatic N) is 3. The first-order valence-electron chi connectivity index (χ1n) is 2.87. The molecule has 0 saturated heterocycles. The molecule has 1 rings (SSSR count). The van der Waals surface area contributed by atoms with Gasteiger partial charge in [0.1, 0.15) is 4.32 Å². The highest BCUT2D eigenvalue weighted by Gasteiger charge is 2.03. The van der Waals surface area contributed by atoms with Crippen molar-refractivity contribution >= 4 is 60.6 Å². The quantitative estimate of drug-likeness (QED) is 0.488. The van der Waals surface area contributed by atoms with Crippen LogP contribution >= 0.6 is 46.0 Å². The number of thiocarbonyl (C=S) groups is 2. The number of nitrogens with one attached hydrogen (secondary N) is 2. The number of tetrazole rings is 1. The van der Waals surface area contributed by atoms with E-state index in [2.05, 4.69) is 38.2 Å². The summed E-state index contributed by atoms with van der Waals surface area (Å²) >= 11 is 9.56. The van der Waals surface area contributed by atoms with Gasteiger partial charge >= 0.3 is 0 Å². The fourth-order valence-corrected chi connectivity index (χ4v) is 2.00. The second-order valence-corrected chi connectivity index (χ2v) is 5.18. The normalized spacial score (nSPS) is 9.54. The summed E-state index contributed by atoms with van der Waals surface area (Å²) in [4.78, 5) is 0. The predicted octanol–water partition coefficient (Wildman–Crippen LogP) is 0.522. The van der Waals surface area contributed by atoms with Crippen LogP contribution in [0.4, 0.5) is 5.95 Å². The highest BCUT2D eigenvalue weighted by molar-refractivity contribution is 8.89. The molecule has 0 amide bonds. The van der Waals surface area contributed by atoms with E-state index in [1.54, 1.807) is 0 Å². The highest BCUT2D eigenvalue weighted by Crippen LogP contribution is 2.22. The third-order valence-electron chi connectivity index (χ3n) is 0.759. The first kappa shape index (κ1) is 10.6. The molecule has 1 aromatic heterocycles. The van der Waals surface area contributed by atoms with E-state index in [0.717, 1.165) is 0 Å². The average molecular weight is 252 g/mol. The zero-order chi connectivity index (χ0) is 9.68. The van der Waals surface area contributed by atoms with Gasteiger partial charge in [-0.25, -0.2) is 0 Å². The molecule has 4 N–H and O–H groups in total. The summed E-state index contributed by atoms with van der Waals surface area (Å²) in [6.45, 7) is 0. The highest BCUT2D eigenvalue weighted by atomic mass is 33.1. The van der Waals surface area contributed by atoms with Gasteiger partial charge in [0, 0.05) is 0 Å². The molecule has 6 nitrogen and oxygen atoms in total. The van der Waals surface area contributed by atoms with Crippen molar-refractivity contribution < 1.29 is 0 Å². The van der Waals surface area contributed by atoms with Gasteiger partial charge in [0.15, 0.2) is 4.32 Å². The summed E-state index contributed by atoms with van der Waals surface area (Å²) in [5.41, 5.74) is 5.25. The SMILES string of the molecule is NC(=S)SSC(=S)Nc1nn[nH]n1. The van der Waals surface area contributed by atoms with Crippen LogP contribution in [0.1, 0.15) is 0 Å². The molecule has 0 aliphatic carbocycles. The van der Waals surface area contributed by atoms with Crippen molar-refractivity contribution in [3.63, 3.8) is 0 Å². The van der Waals surface area contributed by atoms with Crippen LogP contribution in [0, 0.1) is 0 Å². The van der Waals surface area contributed by atoms with Crippen LogP contribution in [0.5, 0.6) is 0 Å². The molecule has 70 valence electrons. The van der Waals surface area contributed by atoms with Gasteiger partial charge in [0.25, 0.3) is 5.95 Å². The molecule has 0 saturated carbocycles. The van der Waals surface area contributed by atoms with Crippen LogP contribution < -0.4 is 11.1 Å². The van der Waals surface area contributed by atoms with Gasteiger partial charge in [0.05, 0.1) is 0 Å². The summed E-state index contributed by atoms with van der Waals surface area (Å²) in [6.07, 6.45) is 0. The fourth-order valence-electron chi connectivity index (χ4n) is 0.406. The van der Waals surface area contributed by atoms with E-state index in [1.165, 1.54) is 21.6 Å². The Hall–Kier alpha value is -0.450. The summed E-state index contributed by atoms with van der Waals surface area (Å²) in [6, 6.07) is 0. The number of hydrogen-bond donors (Lipinski definition) is 3. The number of rotatable bonds is 1. The number of nitrogens with two attached hydrogens (primary N) is 1.